The Kier molecular flexibility index (Phi) is 5.95. The van der Waals surface area contributed by atoms with E-state index in [2.05, 4.69) is 42.0 Å². The van der Waals surface area contributed by atoms with Gasteiger partial charge in [0.05, 0.1) is 0 Å². The Balaban J connectivity index is 1.19. The molecule has 2 aromatic rings. The zero-order valence-corrected chi connectivity index (χ0v) is 18.1. The minimum atomic E-state index is 0.475. The lowest BCUT2D eigenvalue weighted by atomic mass is 9.99. The summed E-state index contributed by atoms with van der Waals surface area (Å²) in [7, 11) is 0. The zero-order chi connectivity index (χ0) is 19.5. The number of anilines is 2. The van der Waals surface area contributed by atoms with E-state index >= 15 is 0 Å². The second kappa shape index (κ2) is 8.96. The number of pyridine rings is 1. The van der Waals surface area contributed by atoms with Crippen molar-refractivity contribution in [2.45, 2.75) is 56.9 Å². The molecule has 5 heterocycles. The molecule has 0 aromatic carbocycles. The van der Waals surface area contributed by atoms with Crippen molar-refractivity contribution in [3.05, 3.63) is 29.4 Å². The molecule has 3 aliphatic rings. The predicted molar refractivity (Wildman–Crippen MR) is 119 cm³/mol. The van der Waals surface area contributed by atoms with E-state index in [0.717, 1.165) is 43.2 Å². The molecule has 156 valence electrons. The summed E-state index contributed by atoms with van der Waals surface area (Å²) in [6.45, 7) is 6.96. The Hall–Kier alpha value is -1.73. The van der Waals surface area contributed by atoms with Gasteiger partial charge in [-0.15, -0.1) is 10.2 Å². The molecule has 0 amide bonds. The van der Waals surface area contributed by atoms with Crippen LogP contribution in [0, 0.1) is 0 Å². The van der Waals surface area contributed by atoms with Crippen LogP contribution < -0.4 is 9.80 Å². The number of likely N-dealkylation sites (tertiary alicyclic amines) is 1. The largest absolute Gasteiger partial charge is 0.356 e. The molecule has 0 unspecified atom stereocenters. The van der Waals surface area contributed by atoms with E-state index in [1.165, 1.54) is 63.0 Å². The van der Waals surface area contributed by atoms with E-state index in [-0.39, 0.29) is 0 Å². The normalized spacial score (nSPS) is 24.8. The highest BCUT2D eigenvalue weighted by Gasteiger charge is 2.29. The molecule has 6 nitrogen and oxygen atoms in total. The fourth-order valence-electron chi connectivity index (χ4n) is 5.15. The lowest BCUT2D eigenvalue weighted by Crippen LogP contribution is -2.46. The minimum absolute atomic E-state index is 0.475. The first-order valence-electron chi connectivity index (χ1n) is 11.4. The van der Waals surface area contributed by atoms with Crippen molar-refractivity contribution >= 4 is 22.3 Å². The van der Waals surface area contributed by atoms with Gasteiger partial charge in [0, 0.05) is 44.3 Å². The molecular weight excluding hydrogens is 380 g/mol. The van der Waals surface area contributed by atoms with Gasteiger partial charge in [-0.3, -0.25) is 0 Å². The molecule has 3 saturated heterocycles. The Bertz CT molecular complexity index is 767. The molecule has 0 radical (unpaired) electrons. The van der Waals surface area contributed by atoms with E-state index in [9.17, 15) is 0 Å². The molecule has 5 rings (SSSR count). The molecule has 0 aliphatic carbocycles. The molecule has 3 aliphatic heterocycles. The molecule has 0 spiro atoms. The van der Waals surface area contributed by atoms with Gasteiger partial charge in [0.2, 0.25) is 5.13 Å². The van der Waals surface area contributed by atoms with Crippen LogP contribution in [0.2, 0.25) is 0 Å². The molecule has 1 atom stereocenters. The highest BCUT2D eigenvalue weighted by atomic mass is 32.1. The average Bonchev–Trinajstić information content (AvgIpc) is 3.31. The van der Waals surface area contributed by atoms with E-state index < -0.39 is 0 Å². The average molecular weight is 413 g/mol. The van der Waals surface area contributed by atoms with Crippen LogP contribution in [-0.2, 0) is 0 Å². The van der Waals surface area contributed by atoms with Crippen LogP contribution >= 0.6 is 11.3 Å². The highest BCUT2D eigenvalue weighted by molar-refractivity contribution is 7.15. The van der Waals surface area contributed by atoms with Crippen molar-refractivity contribution in [1.29, 1.82) is 0 Å². The Morgan fingerprint density at radius 1 is 0.828 bits per heavy atom. The quantitative estimate of drug-likeness (QED) is 0.762. The fourth-order valence-corrected chi connectivity index (χ4v) is 6.17. The second-order valence-electron chi connectivity index (χ2n) is 8.71. The number of hydrogen-bond donors (Lipinski definition) is 0. The van der Waals surface area contributed by atoms with Crippen LogP contribution in [0.3, 0.4) is 0 Å². The van der Waals surface area contributed by atoms with Gasteiger partial charge in [0.25, 0.3) is 0 Å². The van der Waals surface area contributed by atoms with Gasteiger partial charge in [-0.05, 0) is 63.7 Å². The SMILES string of the molecule is c1ccc(N2CCC[C@H](c3nnc(N4CCC(N5CCCCC5)CC4)s3)C2)nc1. The monoisotopic (exact) mass is 412 g/mol. The number of nitrogens with zero attached hydrogens (tertiary/aromatic N) is 6. The van der Waals surface area contributed by atoms with Gasteiger partial charge >= 0.3 is 0 Å². The van der Waals surface area contributed by atoms with Crippen molar-refractivity contribution in [2.24, 2.45) is 0 Å². The zero-order valence-electron chi connectivity index (χ0n) is 17.2. The minimum Gasteiger partial charge on any atom is -0.356 e. The van der Waals surface area contributed by atoms with Gasteiger partial charge < -0.3 is 14.7 Å². The van der Waals surface area contributed by atoms with Crippen LogP contribution in [0.5, 0.6) is 0 Å². The molecular formula is C22H32N6S. The van der Waals surface area contributed by atoms with E-state index in [4.69, 9.17) is 0 Å². The summed E-state index contributed by atoms with van der Waals surface area (Å²) in [4.78, 5) is 12.1. The van der Waals surface area contributed by atoms with Gasteiger partial charge in [0.1, 0.15) is 10.8 Å². The second-order valence-corrected chi connectivity index (χ2v) is 9.70. The summed E-state index contributed by atoms with van der Waals surface area (Å²) >= 11 is 1.82. The molecule has 0 N–H and O–H groups in total. The van der Waals surface area contributed by atoms with E-state index in [1.54, 1.807) is 0 Å². The summed E-state index contributed by atoms with van der Waals surface area (Å²) in [5.41, 5.74) is 0. The van der Waals surface area contributed by atoms with Crippen molar-refractivity contribution < 1.29 is 0 Å². The third-order valence-electron chi connectivity index (χ3n) is 6.82. The maximum absolute atomic E-state index is 4.62. The number of piperidine rings is 3. The fraction of sp³-hybridized carbons (Fsp3) is 0.682. The van der Waals surface area contributed by atoms with Gasteiger partial charge in [-0.25, -0.2) is 4.98 Å². The van der Waals surface area contributed by atoms with Crippen LogP contribution in [-0.4, -0.2) is 65.4 Å². The van der Waals surface area contributed by atoms with Gasteiger partial charge in [-0.2, -0.15) is 0 Å². The molecule has 3 fully saturated rings. The van der Waals surface area contributed by atoms with Gasteiger partial charge in [-0.1, -0.05) is 23.8 Å². The third-order valence-corrected chi connectivity index (χ3v) is 7.96. The number of rotatable bonds is 4. The smallest absolute Gasteiger partial charge is 0.208 e. The van der Waals surface area contributed by atoms with Crippen LogP contribution in [0.15, 0.2) is 24.4 Å². The van der Waals surface area contributed by atoms with E-state index in [0.29, 0.717) is 5.92 Å². The Morgan fingerprint density at radius 2 is 1.69 bits per heavy atom. The summed E-state index contributed by atoms with van der Waals surface area (Å²) in [5.74, 6) is 1.56. The third kappa shape index (κ3) is 4.40. The van der Waals surface area contributed by atoms with Crippen molar-refractivity contribution in [2.75, 3.05) is 49.1 Å². The van der Waals surface area contributed by atoms with Crippen LogP contribution in [0.1, 0.15) is 55.9 Å². The van der Waals surface area contributed by atoms with E-state index in [1.807, 2.05) is 23.6 Å². The Labute approximate surface area is 177 Å². The van der Waals surface area contributed by atoms with Crippen molar-refractivity contribution in [3.8, 4) is 0 Å². The first-order valence-corrected chi connectivity index (χ1v) is 12.2. The first kappa shape index (κ1) is 19.2. The Morgan fingerprint density at radius 3 is 2.48 bits per heavy atom. The standard InChI is InChI=1S/C22H32N6S/c1-4-12-26(13-5-1)19-9-15-27(16-10-19)22-25-24-21(29-22)18-7-6-14-28(17-18)20-8-2-3-11-23-20/h2-3,8,11,18-19H,1,4-7,9-10,12-17H2/t18-/m0/s1. The van der Waals surface area contributed by atoms with Crippen LogP contribution in [0.4, 0.5) is 10.9 Å². The summed E-state index contributed by atoms with van der Waals surface area (Å²) in [6, 6.07) is 6.95. The number of aromatic nitrogens is 3. The number of hydrogen-bond acceptors (Lipinski definition) is 7. The molecule has 29 heavy (non-hydrogen) atoms. The lowest BCUT2D eigenvalue weighted by Gasteiger charge is -2.40. The first-order chi connectivity index (χ1) is 14.4. The molecule has 0 bridgehead atoms. The van der Waals surface area contributed by atoms with Crippen molar-refractivity contribution in [3.63, 3.8) is 0 Å². The lowest BCUT2D eigenvalue weighted by molar-refractivity contribution is 0.141. The summed E-state index contributed by atoms with van der Waals surface area (Å²) < 4.78 is 0. The maximum atomic E-state index is 4.62. The summed E-state index contributed by atoms with van der Waals surface area (Å²) in [6.07, 6.45) is 11.0. The predicted octanol–water partition coefficient (Wildman–Crippen LogP) is 3.77. The van der Waals surface area contributed by atoms with Crippen LogP contribution in [0.25, 0.3) is 0 Å². The molecule has 0 saturated carbocycles. The topological polar surface area (TPSA) is 48.4 Å². The summed E-state index contributed by atoms with van der Waals surface area (Å²) in [5, 5.41) is 11.6. The highest BCUT2D eigenvalue weighted by Crippen LogP contribution is 2.34. The van der Waals surface area contributed by atoms with Crippen molar-refractivity contribution in [1.82, 2.24) is 20.1 Å². The maximum Gasteiger partial charge on any atom is 0.208 e. The molecule has 2 aromatic heterocycles. The molecule has 7 heteroatoms. The van der Waals surface area contributed by atoms with Gasteiger partial charge in [0.15, 0.2) is 0 Å².